The molecule has 0 aliphatic heterocycles. The van der Waals surface area contributed by atoms with E-state index in [0.29, 0.717) is 11.6 Å². The largest absolute Gasteiger partial charge is 0.486 e. The number of aryl methyl sites for hydroxylation is 1. The third-order valence-corrected chi connectivity index (χ3v) is 6.04. The van der Waals surface area contributed by atoms with Crippen LogP contribution in [0.1, 0.15) is 35.3 Å². The third-order valence-electron chi connectivity index (χ3n) is 5.22. The Morgan fingerprint density at radius 3 is 2.68 bits per heavy atom. The molecule has 160 valence electrons. The summed E-state index contributed by atoms with van der Waals surface area (Å²) in [6, 6.07) is 8.56. The van der Waals surface area contributed by atoms with Crippen LogP contribution in [0.4, 0.5) is 13.2 Å². The first-order valence-electron chi connectivity index (χ1n) is 9.63. The van der Waals surface area contributed by atoms with Gasteiger partial charge in [-0.1, -0.05) is 0 Å². The summed E-state index contributed by atoms with van der Waals surface area (Å²) >= 11 is 0.863. The second-order valence-electron chi connectivity index (χ2n) is 7.46. The summed E-state index contributed by atoms with van der Waals surface area (Å²) in [6.45, 7) is -0.144. The second kappa shape index (κ2) is 7.23. The highest BCUT2D eigenvalue weighted by Gasteiger charge is 2.33. The van der Waals surface area contributed by atoms with Gasteiger partial charge in [-0.25, -0.2) is 9.97 Å². The smallest absolute Gasteiger partial charge is 0.434 e. The number of aromatic nitrogens is 4. The number of ether oxygens (including phenoxy) is 1. The van der Waals surface area contributed by atoms with Gasteiger partial charge < -0.3 is 9.30 Å². The maximum Gasteiger partial charge on any atom is 0.434 e. The molecular formula is C21H17F3N4O2S. The van der Waals surface area contributed by atoms with Crippen molar-refractivity contribution in [1.29, 1.82) is 0 Å². The maximum atomic E-state index is 12.6. The molecule has 0 saturated heterocycles. The predicted octanol–water partition coefficient (Wildman–Crippen LogP) is 4.66. The zero-order valence-electron chi connectivity index (χ0n) is 16.4. The molecule has 1 aliphatic carbocycles. The Kier molecular flexibility index (Phi) is 4.62. The van der Waals surface area contributed by atoms with Crippen molar-refractivity contribution in [2.45, 2.75) is 31.5 Å². The van der Waals surface area contributed by atoms with Crippen LogP contribution in [0.5, 0.6) is 5.75 Å². The highest BCUT2D eigenvalue weighted by Crippen LogP contribution is 2.40. The number of nitrogens with zero attached hydrogens (tertiary/aromatic N) is 4. The minimum absolute atomic E-state index is 0.144. The second-order valence-corrected chi connectivity index (χ2v) is 8.40. The van der Waals surface area contributed by atoms with Crippen LogP contribution in [0, 0.1) is 0 Å². The van der Waals surface area contributed by atoms with Crippen molar-refractivity contribution in [2.24, 2.45) is 7.05 Å². The van der Waals surface area contributed by atoms with Crippen LogP contribution in [0.3, 0.4) is 0 Å². The highest BCUT2D eigenvalue weighted by molar-refractivity contribution is 7.09. The summed E-state index contributed by atoms with van der Waals surface area (Å²) in [4.78, 5) is 20.8. The molecule has 0 spiro atoms. The average Bonchev–Trinajstić information content (AvgIpc) is 3.35. The van der Waals surface area contributed by atoms with Crippen molar-refractivity contribution in [3.8, 4) is 11.4 Å². The van der Waals surface area contributed by atoms with Crippen molar-refractivity contribution in [3.63, 3.8) is 0 Å². The van der Waals surface area contributed by atoms with Crippen LogP contribution in [-0.2, 0) is 19.8 Å². The fourth-order valence-corrected chi connectivity index (χ4v) is 4.18. The van der Waals surface area contributed by atoms with Crippen molar-refractivity contribution in [3.05, 3.63) is 68.8 Å². The number of pyridine rings is 1. The lowest BCUT2D eigenvalue weighted by Crippen LogP contribution is -2.16. The van der Waals surface area contributed by atoms with Crippen molar-refractivity contribution >= 4 is 22.4 Å². The van der Waals surface area contributed by atoms with Crippen LogP contribution >= 0.6 is 11.3 Å². The Morgan fingerprint density at radius 2 is 2.00 bits per heavy atom. The summed E-state index contributed by atoms with van der Waals surface area (Å²) in [5, 5.41) is 1.13. The number of thiazole rings is 1. The van der Waals surface area contributed by atoms with Crippen LogP contribution in [0.2, 0.25) is 0 Å². The Hall–Kier alpha value is -3.14. The standard InChI is InChI=1S/C21H17F3N4O2S/c1-27-16-8-13(4-5-15(16)25-20(27)12-2-3-12)28-7-6-14(9-19(28)29)30-10-18-26-17(11-31-18)21(22,23)24/h4-9,11-12H,2-3,10H2,1H3. The number of hydrogen-bond acceptors (Lipinski definition) is 5. The van der Waals surface area contributed by atoms with Gasteiger partial charge in [-0.15, -0.1) is 11.3 Å². The van der Waals surface area contributed by atoms with E-state index in [1.54, 1.807) is 12.3 Å². The fourth-order valence-electron chi connectivity index (χ4n) is 3.47. The van der Waals surface area contributed by atoms with Gasteiger partial charge in [-0.3, -0.25) is 9.36 Å². The van der Waals surface area contributed by atoms with Gasteiger partial charge in [0.1, 0.15) is 23.2 Å². The SMILES string of the molecule is Cn1c(C2CC2)nc2ccc(-n3ccc(OCc4nc(C(F)(F)F)cs4)cc3=O)cc21. The minimum Gasteiger partial charge on any atom is -0.486 e. The van der Waals surface area contributed by atoms with E-state index in [-0.39, 0.29) is 22.9 Å². The molecule has 0 radical (unpaired) electrons. The van der Waals surface area contributed by atoms with Gasteiger partial charge in [0, 0.05) is 30.6 Å². The monoisotopic (exact) mass is 446 g/mol. The molecule has 1 saturated carbocycles. The number of rotatable bonds is 5. The highest BCUT2D eigenvalue weighted by atomic mass is 32.1. The van der Waals surface area contributed by atoms with Gasteiger partial charge in [0.05, 0.1) is 16.7 Å². The summed E-state index contributed by atoms with van der Waals surface area (Å²) < 4.78 is 47.0. The summed E-state index contributed by atoms with van der Waals surface area (Å²) in [5.41, 5.74) is 1.29. The number of benzene rings is 1. The summed E-state index contributed by atoms with van der Waals surface area (Å²) in [5.74, 6) is 1.85. The zero-order chi connectivity index (χ0) is 21.8. The number of fused-ring (bicyclic) bond motifs is 1. The van der Waals surface area contributed by atoms with Gasteiger partial charge in [0.15, 0.2) is 5.69 Å². The molecule has 3 aromatic heterocycles. The lowest BCUT2D eigenvalue weighted by atomic mass is 10.2. The fraction of sp³-hybridized carbons (Fsp3) is 0.286. The number of hydrogen-bond donors (Lipinski definition) is 0. The molecule has 0 atom stereocenters. The number of alkyl halides is 3. The van der Waals surface area contributed by atoms with Gasteiger partial charge in [0.2, 0.25) is 0 Å². The van der Waals surface area contributed by atoms with Crippen LogP contribution in [0.15, 0.2) is 46.7 Å². The molecule has 1 aromatic carbocycles. The normalized spacial score (nSPS) is 14.3. The van der Waals surface area contributed by atoms with E-state index in [2.05, 4.69) is 9.55 Å². The van der Waals surface area contributed by atoms with E-state index < -0.39 is 11.9 Å². The minimum atomic E-state index is -4.48. The van der Waals surface area contributed by atoms with E-state index in [9.17, 15) is 18.0 Å². The molecule has 31 heavy (non-hydrogen) atoms. The Morgan fingerprint density at radius 1 is 1.19 bits per heavy atom. The Bertz CT molecular complexity index is 1330. The molecule has 1 aliphatic rings. The van der Waals surface area contributed by atoms with E-state index in [1.807, 2.05) is 25.2 Å². The molecule has 10 heteroatoms. The topological polar surface area (TPSA) is 61.9 Å². The zero-order valence-corrected chi connectivity index (χ0v) is 17.2. The van der Waals surface area contributed by atoms with Crippen LogP contribution in [-0.4, -0.2) is 19.1 Å². The summed E-state index contributed by atoms with van der Waals surface area (Å²) in [7, 11) is 1.98. The van der Waals surface area contributed by atoms with Gasteiger partial charge in [0.25, 0.3) is 5.56 Å². The van der Waals surface area contributed by atoms with Crippen molar-refractivity contribution in [2.75, 3.05) is 0 Å². The van der Waals surface area contributed by atoms with E-state index in [4.69, 9.17) is 9.72 Å². The molecule has 0 unspecified atom stereocenters. The molecule has 0 amide bonds. The molecular weight excluding hydrogens is 429 g/mol. The molecule has 0 N–H and O–H groups in total. The third kappa shape index (κ3) is 3.83. The Labute approximate surface area is 178 Å². The first-order valence-corrected chi connectivity index (χ1v) is 10.5. The van der Waals surface area contributed by atoms with Crippen LogP contribution in [0.25, 0.3) is 16.7 Å². The Balaban J connectivity index is 1.36. The lowest BCUT2D eigenvalue weighted by molar-refractivity contribution is -0.140. The molecule has 0 bridgehead atoms. The van der Waals surface area contributed by atoms with Gasteiger partial charge >= 0.3 is 6.18 Å². The van der Waals surface area contributed by atoms with E-state index >= 15 is 0 Å². The van der Waals surface area contributed by atoms with E-state index in [1.165, 1.54) is 10.6 Å². The average molecular weight is 446 g/mol. The summed E-state index contributed by atoms with van der Waals surface area (Å²) in [6.07, 6.45) is -0.587. The molecule has 6 nitrogen and oxygen atoms in total. The van der Waals surface area contributed by atoms with Crippen molar-refractivity contribution < 1.29 is 17.9 Å². The number of imidazole rings is 1. The molecule has 3 heterocycles. The number of halogens is 3. The predicted molar refractivity (Wildman–Crippen MR) is 110 cm³/mol. The maximum absolute atomic E-state index is 12.6. The molecule has 5 rings (SSSR count). The van der Waals surface area contributed by atoms with Crippen LogP contribution < -0.4 is 10.3 Å². The quantitative estimate of drug-likeness (QED) is 0.448. The van der Waals surface area contributed by atoms with Crippen molar-refractivity contribution in [1.82, 2.24) is 19.1 Å². The molecule has 4 aromatic rings. The van der Waals surface area contributed by atoms with Gasteiger partial charge in [-0.05, 0) is 37.1 Å². The first kappa shape index (κ1) is 19.8. The van der Waals surface area contributed by atoms with Gasteiger partial charge in [-0.2, -0.15) is 13.2 Å². The lowest BCUT2D eigenvalue weighted by Gasteiger charge is -2.09. The van der Waals surface area contributed by atoms with E-state index in [0.717, 1.165) is 46.4 Å². The molecule has 1 fully saturated rings. The first-order chi connectivity index (χ1) is 14.8.